The Hall–Kier alpha value is -1.61. The molecule has 1 atom stereocenters. The van der Waals surface area contributed by atoms with Gasteiger partial charge in [0, 0.05) is 12.8 Å². The van der Waals surface area contributed by atoms with Gasteiger partial charge in [0.05, 0.1) is 0 Å². The van der Waals surface area contributed by atoms with Gasteiger partial charge < -0.3 is 9.52 Å². The van der Waals surface area contributed by atoms with Gasteiger partial charge in [-0.3, -0.25) is 0 Å². The molecule has 1 heterocycles. The van der Waals surface area contributed by atoms with Gasteiger partial charge in [0.2, 0.25) is 0 Å². The predicted molar refractivity (Wildman–Crippen MR) is 63.1 cm³/mol. The van der Waals surface area contributed by atoms with Crippen molar-refractivity contribution in [2.45, 2.75) is 25.9 Å². The third-order valence-corrected chi connectivity index (χ3v) is 2.68. The second kappa shape index (κ2) is 5.15. The van der Waals surface area contributed by atoms with Crippen molar-refractivity contribution in [3.05, 3.63) is 59.3 Å². The number of aryl methyl sites for hydroxylation is 1. The molecule has 0 aliphatic rings. The molecule has 0 aliphatic carbocycles. The zero-order valence-electron chi connectivity index (χ0n) is 9.69. The van der Waals surface area contributed by atoms with Crippen LogP contribution in [0.3, 0.4) is 0 Å². The van der Waals surface area contributed by atoms with E-state index < -0.39 is 6.10 Å². The van der Waals surface area contributed by atoms with Crippen LogP contribution in [-0.2, 0) is 12.8 Å². The fourth-order valence-corrected chi connectivity index (χ4v) is 1.75. The monoisotopic (exact) mass is 234 g/mol. The molecular formula is C14H15FO2. The van der Waals surface area contributed by atoms with E-state index >= 15 is 0 Å². The highest BCUT2D eigenvalue weighted by molar-refractivity contribution is 5.19. The maximum Gasteiger partial charge on any atom is 0.133 e. The van der Waals surface area contributed by atoms with E-state index in [2.05, 4.69) is 0 Å². The Bertz CT molecular complexity index is 490. The molecule has 0 saturated carbocycles. The van der Waals surface area contributed by atoms with Gasteiger partial charge in [-0.05, 0) is 29.8 Å². The fourth-order valence-electron chi connectivity index (χ4n) is 1.75. The third kappa shape index (κ3) is 2.94. The van der Waals surface area contributed by atoms with E-state index in [1.165, 1.54) is 12.1 Å². The van der Waals surface area contributed by atoms with Crippen LogP contribution in [0.2, 0.25) is 0 Å². The van der Waals surface area contributed by atoms with Crippen LogP contribution in [0, 0.1) is 5.82 Å². The van der Waals surface area contributed by atoms with E-state index in [0.29, 0.717) is 12.2 Å². The predicted octanol–water partition coefficient (Wildman–Crippen LogP) is 3.26. The lowest BCUT2D eigenvalue weighted by Gasteiger charge is -2.07. The van der Waals surface area contributed by atoms with Gasteiger partial charge in [-0.2, -0.15) is 0 Å². The molecule has 2 rings (SSSR count). The Morgan fingerprint density at radius 2 is 2.12 bits per heavy atom. The molecule has 0 radical (unpaired) electrons. The smallest absolute Gasteiger partial charge is 0.133 e. The second-order valence-electron chi connectivity index (χ2n) is 4.01. The molecule has 2 aromatic rings. The van der Waals surface area contributed by atoms with Crippen LogP contribution in [0.25, 0.3) is 0 Å². The molecule has 1 unspecified atom stereocenters. The standard InChI is InChI=1S/C14H15FO2/c1-2-12-6-7-14(17-12)13(16)9-10-4-3-5-11(15)8-10/h3-8,13,16H,2,9H2,1H3. The summed E-state index contributed by atoms with van der Waals surface area (Å²) < 4.78 is 18.4. The van der Waals surface area contributed by atoms with Crippen molar-refractivity contribution >= 4 is 0 Å². The maximum atomic E-state index is 13.0. The molecule has 0 spiro atoms. The molecule has 1 aromatic carbocycles. The molecule has 0 bridgehead atoms. The molecule has 0 saturated heterocycles. The number of benzene rings is 1. The number of rotatable bonds is 4. The molecular weight excluding hydrogens is 219 g/mol. The molecule has 0 aliphatic heterocycles. The quantitative estimate of drug-likeness (QED) is 0.880. The molecule has 1 aromatic heterocycles. The van der Waals surface area contributed by atoms with Gasteiger partial charge in [0.1, 0.15) is 23.4 Å². The van der Waals surface area contributed by atoms with Crippen molar-refractivity contribution in [1.82, 2.24) is 0 Å². The lowest BCUT2D eigenvalue weighted by Crippen LogP contribution is -2.00. The number of halogens is 1. The van der Waals surface area contributed by atoms with Crippen molar-refractivity contribution in [2.75, 3.05) is 0 Å². The minimum Gasteiger partial charge on any atom is -0.463 e. The van der Waals surface area contributed by atoms with Gasteiger partial charge in [-0.15, -0.1) is 0 Å². The summed E-state index contributed by atoms with van der Waals surface area (Å²) >= 11 is 0. The number of aliphatic hydroxyl groups excluding tert-OH is 1. The van der Waals surface area contributed by atoms with Crippen LogP contribution in [0.1, 0.15) is 30.1 Å². The highest BCUT2D eigenvalue weighted by Crippen LogP contribution is 2.21. The number of hydrogen-bond acceptors (Lipinski definition) is 2. The summed E-state index contributed by atoms with van der Waals surface area (Å²) in [5.74, 6) is 1.09. The van der Waals surface area contributed by atoms with Crippen molar-refractivity contribution in [2.24, 2.45) is 0 Å². The van der Waals surface area contributed by atoms with E-state index in [-0.39, 0.29) is 5.82 Å². The highest BCUT2D eigenvalue weighted by Gasteiger charge is 2.13. The minimum atomic E-state index is -0.725. The first-order chi connectivity index (χ1) is 8.19. The van der Waals surface area contributed by atoms with Crippen LogP contribution in [0.5, 0.6) is 0 Å². The van der Waals surface area contributed by atoms with Crippen molar-refractivity contribution < 1.29 is 13.9 Å². The van der Waals surface area contributed by atoms with Gasteiger partial charge >= 0.3 is 0 Å². The van der Waals surface area contributed by atoms with E-state index in [4.69, 9.17) is 4.42 Å². The van der Waals surface area contributed by atoms with Crippen LogP contribution in [0.4, 0.5) is 4.39 Å². The average Bonchev–Trinajstić information content (AvgIpc) is 2.77. The van der Waals surface area contributed by atoms with Crippen LogP contribution in [-0.4, -0.2) is 5.11 Å². The Balaban J connectivity index is 2.08. The summed E-state index contributed by atoms with van der Waals surface area (Å²) in [6.07, 6.45) is 0.429. The zero-order valence-corrected chi connectivity index (χ0v) is 9.69. The van der Waals surface area contributed by atoms with E-state index in [1.54, 1.807) is 18.2 Å². The topological polar surface area (TPSA) is 33.4 Å². The first kappa shape index (κ1) is 11.9. The lowest BCUT2D eigenvalue weighted by atomic mass is 10.1. The average molecular weight is 234 g/mol. The molecule has 17 heavy (non-hydrogen) atoms. The van der Waals surface area contributed by atoms with E-state index in [9.17, 15) is 9.50 Å². The van der Waals surface area contributed by atoms with Crippen molar-refractivity contribution in [3.8, 4) is 0 Å². The van der Waals surface area contributed by atoms with E-state index in [1.807, 2.05) is 13.0 Å². The van der Waals surface area contributed by atoms with Gasteiger partial charge in [-0.1, -0.05) is 19.1 Å². The van der Waals surface area contributed by atoms with Crippen LogP contribution >= 0.6 is 0 Å². The third-order valence-electron chi connectivity index (χ3n) is 2.68. The van der Waals surface area contributed by atoms with Crippen LogP contribution in [0.15, 0.2) is 40.8 Å². The summed E-state index contributed by atoms with van der Waals surface area (Å²) in [7, 11) is 0. The first-order valence-corrected chi connectivity index (χ1v) is 5.70. The number of aliphatic hydroxyl groups is 1. The lowest BCUT2D eigenvalue weighted by molar-refractivity contribution is 0.148. The Morgan fingerprint density at radius 3 is 2.76 bits per heavy atom. The van der Waals surface area contributed by atoms with Gasteiger partial charge in [0.15, 0.2) is 0 Å². The molecule has 2 nitrogen and oxygen atoms in total. The Kier molecular flexibility index (Phi) is 3.59. The molecule has 0 fully saturated rings. The largest absolute Gasteiger partial charge is 0.463 e. The maximum absolute atomic E-state index is 13.0. The normalized spacial score (nSPS) is 12.6. The summed E-state index contributed by atoms with van der Waals surface area (Å²) in [5, 5.41) is 9.96. The molecule has 1 N–H and O–H groups in total. The van der Waals surface area contributed by atoms with Crippen LogP contribution < -0.4 is 0 Å². The van der Waals surface area contributed by atoms with E-state index in [0.717, 1.165) is 17.7 Å². The summed E-state index contributed by atoms with van der Waals surface area (Å²) in [6, 6.07) is 9.85. The second-order valence-corrected chi connectivity index (χ2v) is 4.01. The SMILES string of the molecule is CCc1ccc(C(O)Cc2cccc(F)c2)o1. The van der Waals surface area contributed by atoms with Crippen molar-refractivity contribution in [3.63, 3.8) is 0 Å². The fraction of sp³-hybridized carbons (Fsp3) is 0.286. The number of hydrogen-bond donors (Lipinski definition) is 1. The summed E-state index contributed by atoms with van der Waals surface area (Å²) in [6.45, 7) is 1.99. The Labute approximate surface area is 99.7 Å². The summed E-state index contributed by atoms with van der Waals surface area (Å²) in [5.41, 5.74) is 0.756. The highest BCUT2D eigenvalue weighted by atomic mass is 19.1. The van der Waals surface area contributed by atoms with Crippen molar-refractivity contribution in [1.29, 1.82) is 0 Å². The Morgan fingerprint density at radius 1 is 1.29 bits per heavy atom. The number of furan rings is 1. The van der Waals surface area contributed by atoms with Gasteiger partial charge in [0.25, 0.3) is 0 Å². The van der Waals surface area contributed by atoms with Gasteiger partial charge in [-0.25, -0.2) is 4.39 Å². The molecule has 90 valence electrons. The molecule has 0 amide bonds. The molecule has 3 heteroatoms. The first-order valence-electron chi connectivity index (χ1n) is 5.70. The summed E-state index contributed by atoms with van der Waals surface area (Å²) in [4.78, 5) is 0. The zero-order chi connectivity index (χ0) is 12.3. The minimum absolute atomic E-state index is 0.289.